The summed E-state index contributed by atoms with van der Waals surface area (Å²) in [5.74, 6) is -6.58. The lowest BCUT2D eigenvalue weighted by atomic mass is 10.1. The Bertz CT molecular complexity index is 457. The van der Waals surface area contributed by atoms with E-state index in [0.29, 0.717) is 12.1 Å². The van der Waals surface area contributed by atoms with Crippen LogP contribution in [0, 0.1) is 11.6 Å². The van der Waals surface area contributed by atoms with E-state index in [4.69, 9.17) is 15.3 Å². The molecule has 7 heteroatoms. The second kappa shape index (κ2) is 4.23. The third-order valence-corrected chi connectivity index (χ3v) is 1.83. The molecule has 0 fully saturated rings. The van der Waals surface area contributed by atoms with Gasteiger partial charge in [0.2, 0.25) is 0 Å². The van der Waals surface area contributed by atoms with Gasteiger partial charge in [0.1, 0.15) is 0 Å². The van der Waals surface area contributed by atoms with Gasteiger partial charge in [0.05, 0.1) is 5.56 Å². The van der Waals surface area contributed by atoms with Crippen molar-refractivity contribution in [1.29, 1.82) is 0 Å². The quantitative estimate of drug-likeness (QED) is 0.715. The van der Waals surface area contributed by atoms with Gasteiger partial charge in [0.25, 0.3) is 0 Å². The van der Waals surface area contributed by atoms with Crippen molar-refractivity contribution in [1.82, 2.24) is 0 Å². The lowest BCUT2D eigenvalue weighted by Crippen LogP contribution is -2.13. The standard InChI is InChI=1S/C9H6F2O5/c10-5-2-3(7(12)9(15)16)1-4(6(5)11)8(13)14/h1-2,7,12H,(H,13,14)(H,15,16). The molecule has 5 nitrogen and oxygen atoms in total. The zero-order chi connectivity index (χ0) is 12.5. The Morgan fingerprint density at radius 3 is 2.19 bits per heavy atom. The minimum atomic E-state index is -2.10. The molecular weight excluding hydrogens is 226 g/mol. The number of carboxylic acid groups (broad SMARTS) is 2. The maximum absolute atomic E-state index is 12.9. The lowest BCUT2D eigenvalue weighted by Gasteiger charge is -2.08. The SMILES string of the molecule is O=C(O)c1cc(C(O)C(=O)O)cc(F)c1F. The molecule has 0 aromatic heterocycles. The van der Waals surface area contributed by atoms with Gasteiger partial charge in [0, 0.05) is 0 Å². The van der Waals surface area contributed by atoms with E-state index in [9.17, 15) is 18.4 Å². The van der Waals surface area contributed by atoms with E-state index in [1.807, 2.05) is 0 Å². The predicted molar refractivity (Wildman–Crippen MR) is 45.9 cm³/mol. The van der Waals surface area contributed by atoms with Crippen LogP contribution < -0.4 is 0 Å². The maximum Gasteiger partial charge on any atom is 0.338 e. The number of aliphatic hydroxyl groups excluding tert-OH is 1. The van der Waals surface area contributed by atoms with Crippen molar-refractivity contribution in [3.63, 3.8) is 0 Å². The summed E-state index contributed by atoms with van der Waals surface area (Å²) in [7, 11) is 0. The first-order valence-electron chi connectivity index (χ1n) is 3.97. The molecule has 1 aromatic rings. The van der Waals surface area contributed by atoms with Gasteiger partial charge in [-0.2, -0.15) is 0 Å². The number of aromatic carboxylic acids is 1. The van der Waals surface area contributed by atoms with Crippen LogP contribution in [-0.2, 0) is 4.79 Å². The van der Waals surface area contributed by atoms with Crippen LogP contribution in [0.15, 0.2) is 12.1 Å². The maximum atomic E-state index is 12.9. The number of aliphatic hydroxyl groups is 1. The molecule has 0 bridgehead atoms. The normalized spacial score (nSPS) is 12.2. The molecule has 1 atom stereocenters. The van der Waals surface area contributed by atoms with Gasteiger partial charge in [0.15, 0.2) is 17.7 Å². The van der Waals surface area contributed by atoms with Gasteiger partial charge in [-0.15, -0.1) is 0 Å². The van der Waals surface area contributed by atoms with Gasteiger partial charge < -0.3 is 15.3 Å². The average molecular weight is 232 g/mol. The first kappa shape index (κ1) is 12.1. The second-order valence-corrected chi connectivity index (χ2v) is 2.91. The van der Waals surface area contributed by atoms with Crippen LogP contribution in [0.2, 0.25) is 0 Å². The molecule has 1 aromatic carbocycles. The molecule has 0 aliphatic carbocycles. The number of carboxylic acids is 2. The fourth-order valence-corrected chi connectivity index (χ4v) is 1.07. The highest BCUT2D eigenvalue weighted by molar-refractivity contribution is 5.88. The van der Waals surface area contributed by atoms with E-state index in [-0.39, 0.29) is 0 Å². The topological polar surface area (TPSA) is 94.8 Å². The van der Waals surface area contributed by atoms with Gasteiger partial charge >= 0.3 is 11.9 Å². The van der Waals surface area contributed by atoms with Crippen LogP contribution in [0.1, 0.15) is 22.0 Å². The van der Waals surface area contributed by atoms with E-state index in [2.05, 4.69) is 0 Å². The third kappa shape index (κ3) is 2.14. The van der Waals surface area contributed by atoms with Crippen molar-refractivity contribution in [2.45, 2.75) is 6.10 Å². The van der Waals surface area contributed by atoms with Crippen molar-refractivity contribution in [3.8, 4) is 0 Å². The molecular formula is C9H6F2O5. The number of halogens is 2. The minimum Gasteiger partial charge on any atom is -0.479 e. The summed E-state index contributed by atoms with van der Waals surface area (Å²) in [5, 5.41) is 25.9. The van der Waals surface area contributed by atoms with Crippen LogP contribution in [0.5, 0.6) is 0 Å². The summed E-state index contributed by atoms with van der Waals surface area (Å²) in [5.41, 5.74) is -1.57. The summed E-state index contributed by atoms with van der Waals surface area (Å²) in [6, 6.07) is 1.00. The molecule has 0 saturated carbocycles. The summed E-state index contributed by atoms with van der Waals surface area (Å²) in [6.45, 7) is 0. The molecule has 3 N–H and O–H groups in total. The molecule has 1 unspecified atom stereocenters. The van der Waals surface area contributed by atoms with Crippen molar-refractivity contribution in [2.75, 3.05) is 0 Å². The van der Waals surface area contributed by atoms with Crippen molar-refractivity contribution in [2.24, 2.45) is 0 Å². The number of aliphatic carboxylic acids is 1. The number of benzene rings is 1. The Morgan fingerprint density at radius 1 is 1.19 bits per heavy atom. The van der Waals surface area contributed by atoms with E-state index >= 15 is 0 Å². The molecule has 0 aliphatic heterocycles. The largest absolute Gasteiger partial charge is 0.479 e. The minimum absolute atomic E-state index is 0.431. The first-order chi connectivity index (χ1) is 7.34. The Morgan fingerprint density at radius 2 is 1.75 bits per heavy atom. The molecule has 0 spiro atoms. The highest BCUT2D eigenvalue weighted by atomic mass is 19.2. The van der Waals surface area contributed by atoms with Gasteiger partial charge in [-0.25, -0.2) is 18.4 Å². The van der Waals surface area contributed by atoms with Crippen LogP contribution in [0.25, 0.3) is 0 Å². The molecule has 0 saturated heterocycles. The molecule has 0 aliphatic rings. The Labute approximate surface area is 87.6 Å². The zero-order valence-corrected chi connectivity index (χ0v) is 7.65. The molecule has 86 valence electrons. The Hall–Kier alpha value is -2.02. The van der Waals surface area contributed by atoms with Crippen molar-refractivity contribution >= 4 is 11.9 Å². The van der Waals surface area contributed by atoms with Crippen molar-refractivity contribution < 1.29 is 33.7 Å². The van der Waals surface area contributed by atoms with Crippen LogP contribution in [0.3, 0.4) is 0 Å². The highest BCUT2D eigenvalue weighted by Crippen LogP contribution is 2.20. The fourth-order valence-electron chi connectivity index (χ4n) is 1.07. The van der Waals surface area contributed by atoms with Crippen LogP contribution in [-0.4, -0.2) is 27.3 Å². The van der Waals surface area contributed by atoms with E-state index < -0.39 is 40.8 Å². The molecule has 1 rings (SSSR count). The van der Waals surface area contributed by atoms with Crippen LogP contribution in [0.4, 0.5) is 8.78 Å². The van der Waals surface area contributed by atoms with Gasteiger partial charge in [-0.1, -0.05) is 0 Å². The first-order valence-corrected chi connectivity index (χ1v) is 3.97. The summed E-state index contributed by atoms with van der Waals surface area (Å²) in [4.78, 5) is 20.8. The number of hydrogen-bond acceptors (Lipinski definition) is 3. The number of rotatable bonds is 3. The van der Waals surface area contributed by atoms with Crippen LogP contribution >= 0.6 is 0 Å². The second-order valence-electron chi connectivity index (χ2n) is 2.91. The zero-order valence-electron chi connectivity index (χ0n) is 7.65. The molecule has 0 amide bonds. The monoisotopic (exact) mass is 232 g/mol. The summed E-state index contributed by atoms with van der Waals surface area (Å²) < 4.78 is 25.8. The summed E-state index contributed by atoms with van der Waals surface area (Å²) in [6.07, 6.45) is -2.10. The highest BCUT2D eigenvalue weighted by Gasteiger charge is 2.22. The summed E-state index contributed by atoms with van der Waals surface area (Å²) >= 11 is 0. The molecule has 16 heavy (non-hydrogen) atoms. The predicted octanol–water partition coefficient (Wildman–Crippen LogP) is 0.781. The fraction of sp³-hybridized carbons (Fsp3) is 0.111. The third-order valence-electron chi connectivity index (χ3n) is 1.83. The molecule has 0 heterocycles. The van der Waals surface area contributed by atoms with E-state index in [1.54, 1.807) is 0 Å². The van der Waals surface area contributed by atoms with Crippen molar-refractivity contribution in [3.05, 3.63) is 34.9 Å². The lowest BCUT2D eigenvalue weighted by molar-refractivity contribution is -0.146. The van der Waals surface area contributed by atoms with Gasteiger partial charge in [-0.3, -0.25) is 0 Å². The van der Waals surface area contributed by atoms with E-state index in [1.165, 1.54) is 0 Å². The Kier molecular flexibility index (Phi) is 3.19. The molecule has 0 radical (unpaired) electrons. The van der Waals surface area contributed by atoms with E-state index in [0.717, 1.165) is 0 Å². The average Bonchev–Trinajstić information content (AvgIpc) is 2.20. The number of hydrogen-bond donors (Lipinski definition) is 3. The Balaban J connectivity index is 3.34. The smallest absolute Gasteiger partial charge is 0.338 e. The van der Waals surface area contributed by atoms with Gasteiger partial charge in [-0.05, 0) is 17.7 Å². The number of carbonyl (C=O) groups is 2.